The molecular formula is C17H15NO7S. The number of hydrogen-bond donors (Lipinski definition) is 0. The Morgan fingerprint density at radius 1 is 1.12 bits per heavy atom. The predicted molar refractivity (Wildman–Crippen MR) is 92.0 cm³/mol. The van der Waals surface area contributed by atoms with Gasteiger partial charge in [0.15, 0.2) is 0 Å². The van der Waals surface area contributed by atoms with Gasteiger partial charge < -0.3 is 4.74 Å². The first-order chi connectivity index (χ1) is 12.2. The third-order valence-electron chi connectivity index (χ3n) is 3.20. The fourth-order valence-corrected chi connectivity index (χ4v) is 2.69. The molecule has 2 rings (SSSR count). The van der Waals surface area contributed by atoms with E-state index in [1.807, 2.05) is 0 Å². The molecule has 0 N–H and O–H groups in total. The zero-order valence-electron chi connectivity index (χ0n) is 13.7. The maximum atomic E-state index is 12.2. The van der Waals surface area contributed by atoms with Crippen LogP contribution in [0.3, 0.4) is 0 Å². The van der Waals surface area contributed by atoms with Gasteiger partial charge in [0.2, 0.25) is 0 Å². The van der Waals surface area contributed by atoms with Crippen LogP contribution in [-0.2, 0) is 25.7 Å². The van der Waals surface area contributed by atoms with Crippen LogP contribution in [0.25, 0.3) is 0 Å². The quantitative estimate of drug-likeness (QED) is 0.182. The molecule has 0 atom stereocenters. The Hall–Kier alpha value is -3.04. The smallest absolute Gasteiger partial charge is 0.338 e. The number of carbonyl (C=O) groups is 1. The van der Waals surface area contributed by atoms with Crippen molar-refractivity contribution in [3.05, 3.63) is 76.4 Å². The van der Waals surface area contributed by atoms with Crippen LogP contribution in [-0.4, -0.2) is 19.3 Å². The molecule has 0 unspecified atom stereocenters. The van der Waals surface area contributed by atoms with Crippen molar-refractivity contribution in [1.82, 2.24) is 0 Å². The maximum Gasteiger partial charge on any atom is 0.338 e. The number of esters is 1. The minimum atomic E-state index is -4.04. The second-order valence-corrected chi connectivity index (χ2v) is 6.90. The maximum absolute atomic E-state index is 12.2. The Bertz CT molecular complexity index is 932. The van der Waals surface area contributed by atoms with Gasteiger partial charge in [0.05, 0.1) is 16.4 Å². The van der Waals surface area contributed by atoms with Crippen molar-refractivity contribution in [2.24, 2.45) is 0 Å². The number of nitrogens with zero attached hydrogens (tertiary/aromatic N) is 1. The van der Waals surface area contributed by atoms with Gasteiger partial charge in [-0.15, -0.1) is 0 Å². The summed E-state index contributed by atoms with van der Waals surface area (Å²) in [6, 6.07) is 10.5. The lowest BCUT2D eigenvalue weighted by Crippen LogP contribution is -2.09. The van der Waals surface area contributed by atoms with Crippen LogP contribution in [0.15, 0.2) is 65.6 Å². The second kappa shape index (κ2) is 7.89. The van der Waals surface area contributed by atoms with E-state index >= 15 is 0 Å². The molecule has 0 amide bonds. The molecule has 0 radical (unpaired) electrons. The molecule has 0 aliphatic rings. The Kier molecular flexibility index (Phi) is 5.86. The van der Waals surface area contributed by atoms with Crippen molar-refractivity contribution in [2.75, 3.05) is 0 Å². The number of rotatable bonds is 7. The molecule has 2 aromatic rings. The van der Waals surface area contributed by atoms with Gasteiger partial charge in [-0.1, -0.05) is 6.58 Å². The zero-order valence-corrected chi connectivity index (χ0v) is 14.6. The molecule has 0 bridgehead atoms. The van der Waals surface area contributed by atoms with Gasteiger partial charge in [-0.2, -0.15) is 8.42 Å². The van der Waals surface area contributed by atoms with Crippen molar-refractivity contribution in [1.29, 1.82) is 0 Å². The molecule has 26 heavy (non-hydrogen) atoms. The lowest BCUT2D eigenvalue weighted by atomic mass is 10.2. The molecule has 0 spiro atoms. The van der Waals surface area contributed by atoms with Gasteiger partial charge in [-0.05, 0) is 48.9 Å². The number of nitro groups is 1. The van der Waals surface area contributed by atoms with E-state index in [4.69, 9.17) is 8.92 Å². The molecular weight excluding hydrogens is 362 g/mol. The fraction of sp³-hybridized carbons (Fsp3) is 0.118. The van der Waals surface area contributed by atoms with Crippen molar-refractivity contribution in [2.45, 2.75) is 18.4 Å². The average Bonchev–Trinajstić information content (AvgIpc) is 2.60. The van der Waals surface area contributed by atoms with Gasteiger partial charge >= 0.3 is 5.97 Å². The summed E-state index contributed by atoms with van der Waals surface area (Å²) >= 11 is 0. The SMILES string of the molecule is C=C(C)C(=O)Oc1ccc(S(=O)(=O)OCc2ccc([N+](=O)[O-])cc2)cc1. The monoisotopic (exact) mass is 377 g/mol. The van der Waals surface area contributed by atoms with Crippen molar-refractivity contribution in [3.63, 3.8) is 0 Å². The summed E-state index contributed by atoms with van der Waals surface area (Å²) in [5, 5.41) is 10.6. The molecule has 9 heteroatoms. The Morgan fingerprint density at radius 3 is 2.19 bits per heavy atom. The zero-order chi connectivity index (χ0) is 19.3. The number of ether oxygens (including phenoxy) is 1. The number of nitro benzene ring substituents is 1. The molecule has 136 valence electrons. The Balaban J connectivity index is 2.04. The van der Waals surface area contributed by atoms with Crippen LogP contribution >= 0.6 is 0 Å². The molecule has 0 aromatic heterocycles. The van der Waals surface area contributed by atoms with Gasteiger partial charge in [0.25, 0.3) is 15.8 Å². The first kappa shape index (κ1) is 19.3. The molecule has 2 aromatic carbocycles. The lowest BCUT2D eigenvalue weighted by molar-refractivity contribution is -0.384. The van der Waals surface area contributed by atoms with Gasteiger partial charge in [-0.25, -0.2) is 4.79 Å². The second-order valence-electron chi connectivity index (χ2n) is 5.28. The Labute approximate surface area is 149 Å². The van der Waals surface area contributed by atoms with Crippen molar-refractivity contribution < 1.29 is 27.1 Å². The van der Waals surface area contributed by atoms with Crippen LogP contribution in [0.1, 0.15) is 12.5 Å². The highest BCUT2D eigenvalue weighted by atomic mass is 32.2. The van der Waals surface area contributed by atoms with Crippen molar-refractivity contribution >= 4 is 21.8 Å². The molecule has 0 heterocycles. The summed E-state index contributed by atoms with van der Waals surface area (Å²) in [4.78, 5) is 21.3. The third kappa shape index (κ3) is 4.98. The van der Waals surface area contributed by atoms with Gasteiger partial charge in [0.1, 0.15) is 5.75 Å². The molecule has 8 nitrogen and oxygen atoms in total. The Morgan fingerprint density at radius 2 is 1.69 bits per heavy atom. The molecule has 0 fully saturated rings. The van der Waals surface area contributed by atoms with Gasteiger partial charge in [0, 0.05) is 17.7 Å². The van der Waals surface area contributed by atoms with Gasteiger partial charge in [-0.3, -0.25) is 14.3 Å². The summed E-state index contributed by atoms with van der Waals surface area (Å²) < 4.78 is 34.3. The number of hydrogen-bond acceptors (Lipinski definition) is 7. The van der Waals surface area contributed by atoms with Crippen LogP contribution in [0.5, 0.6) is 5.75 Å². The van der Waals surface area contributed by atoms with E-state index in [-0.39, 0.29) is 28.5 Å². The normalized spacial score (nSPS) is 11.0. The van der Waals surface area contributed by atoms with Crippen molar-refractivity contribution in [3.8, 4) is 5.75 Å². The van der Waals surface area contributed by atoms with E-state index in [9.17, 15) is 23.3 Å². The van der Waals surface area contributed by atoms with Crippen LogP contribution in [0, 0.1) is 10.1 Å². The number of non-ortho nitro benzene ring substituents is 1. The first-order valence-electron chi connectivity index (χ1n) is 7.29. The topological polar surface area (TPSA) is 113 Å². The molecule has 0 saturated carbocycles. The summed E-state index contributed by atoms with van der Waals surface area (Å²) in [5.41, 5.74) is 0.579. The average molecular weight is 377 g/mol. The summed E-state index contributed by atoms with van der Waals surface area (Å²) in [7, 11) is -4.04. The summed E-state index contributed by atoms with van der Waals surface area (Å²) in [6.45, 7) is 4.67. The van der Waals surface area contributed by atoms with Crippen LogP contribution in [0.2, 0.25) is 0 Å². The minimum Gasteiger partial charge on any atom is -0.423 e. The summed E-state index contributed by atoms with van der Waals surface area (Å²) in [5.74, 6) is -0.442. The van der Waals surface area contributed by atoms with E-state index in [0.717, 1.165) is 0 Å². The third-order valence-corrected chi connectivity index (χ3v) is 4.48. The standard InChI is InChI=1S/C17H15NO7S/c1-12(2)17(19)25-15-7-9-16(10-8-15)26(22,23)24-11-13-3-5-14(6-4-13)18(20)21/h3-10H,1,11H2,2H3. The largest absolute Gasteiger partial charge is 0.423 e. The van der Waals surface area contributed by atoms with E-state index in [1.54, 1.807) is 0 Å². The van der Waals surface area contributed by atoms with E-state index in [0.29, 0.717) is 5.56 Å². The number of carbonyl (C=O) groups excluding carboxylic acids is 1. The number of benzene rings is 2. The summed E-state index contributed by atoms with van der Waals surface area (Å²) in [6.07, 6.45) is 0. The highest BCUT2D eigenvalue weighted by Crippen LogP contribution is 2.20. The first-order valence-corrected chi connectivity index (χ1v) is 8.70. The predicted octanol–water partition coefficient (Wildman–Crippen LogP) is 2.98. The minimum absolute atomic E-state index is 0.100. The fourth-order valence-electron chi connectivity index (χ4n) is 1.80. The van der Waals surface area contributed by atoms with E-state index in [2.05, 4.69) is 6.58 Å². The van der Waals surface area contributed by atoms with E-state index in [1.165, 1.54) is 55.5 Å². The molecule has 0 aliphatic carbocycles. The molecule has 0 saturated heterocycles. The van der Waals surface area contributed by atoms with Crippen LogP contribution < -0.4 is 4.74 Å². The molecule has 0 aliphatic heterocycles. The van der Waals surface area contributed by atoms with E-state index < -0.39 is 21.0 Å². The van der Waals surface area contributed by atoms with Crippen LogP contribution in [0.4, 0.5) is 5.69 Å². The highest BCUT2D eigenvalue weighted by Gasteiger charge is 2.16. The lowest BCUT2D eigenvalue weighted by Gasteiger charge is -2.07. The highest BCUT2D eigenvalue weighted by molar-refractivity contribution is 7.86.